The Balaban J connectivity index is 0.000000265. The number of pyridine rings is 1. The van der Waals surface area contributed by atoms with Gasteiger partial charge in [-0.15, -0.1) is 11.8 Å². The van der Waals surface area contributed by atoms with Gasteiger partial charge in [-0.2, -0.15) is 0 Å². The third-order valence-corrected chi connectivity index (χ3v) is 21.6. The van der Waals surface area contributed by atoms with Crippen molar-refractivity contribution >= 4 is 64.3 Å². The van der Waals surface area contributed by atoms with Crippen LogP contribution in [0.15, 0.2) is 32.7 Å². The number of thioether (sulfide) groups is 1. The number of rotatable bonds is 15. The van der Waals surface area contributed by atoms with Crippen LogP contribution in [0.4, 0.5) is 10.1 Å². The van der Waals surface area contributed by atoms with Crippen molar-refractivity contribution < 1.29 is 108 Å². The van der Waals surface area contributed by atoms with Gasteiger partial charge in [-0.1, -0.05) is 27.7 Å². The van der Waals surface area contributed by atoms with Crippen LogP contribution in [0, 0.1) is 35.4 Å². The molecule has 1 aromatic heterocycles. The second-order valence-corrected chi connectivity index (χ2v) is 29.4. The SMILES string of the molecule is CC[C@H]1OC(=O)[C@H](C)[C@@H](O[C@H]2C[C@@](C)(OC)[C@@H](O)[C@H](C)O2)[C@H](C)[C@@H](O[C@@H]2O[C@H](C)C[C@H](N(C)C)[C@H]2O)[C@](C)(O)C[C@@H](C)C(=O)[C@H](C)[C@@H](O)[C@]1(C)O.C[C@@H](O)[C@H]1C(=O)N2C(C(=O)O)=C(SCCN=CN)C[C@H]12.C[C@H]1COc2c(N3CCN(C)CC3)c(F)cc3c(=O)c(C(=O)O)cn1c23.O. The average molecular weight is 1410 g/mol. The van der Waals surface area contributed by atoms with Gasteiger partial charge in [0.2, 0.25) is 11.3 Å². The van der Waals surface area contributed by atoms with Crippen LogP contribution < -0.4 is 20.8 Å². The lowest BCUT2D eigenvalue weighted by molar-refractivity contribution is -0.318. The molecule has 0 radical (unpaired) electrons. The summed E-state index contributed by atoms with van der Waals surface area (Å²) in [5.74, 6) is -7.82. The number of halogens is 1. The van der Waals surface area contributed by atoms with Crippen molar-refractivity contribution in [1.82, 2.24) is 19.3 Å². The Kier molecular flexibility index (Phi) is 27.5. The number of aliphatic carboxylic acids is 1. The third kappa shape index (κ3) is 17.0. The predicted octanol–water partition coefficient (Wildman–Crippen LogP) is 2.12. The Bertz CT molecular complexity index is 3270. The molecular weight excluding hydrogens is 1310 g/mol. The van der Waals surface area contributed by atoms with Crippen LogP contribution in [0.5, 0.6) is 5.75 Å². The van der Waals surface area contributed by atoms with Gasteiger partial charge in [-0.25, -0.2) is 14.0 Å². The minimum atomic E-state index is -1.99. The molecule has 0 unspecified atom stereocenters. The fourth-order valence-electron chi connectivity index (χ4n) is 14.8. The minimum Gasteiger partial charge on any atom is -0.487 e. The summed E-state index contributed by atoms with van der Waals surface area (Å²) in [6.07, 6.45) is -7.43. The summed E-state index contributed by atoms with van der Waals surface area (Å²) >= 11 is 1.38. The molecule has 0 spiro atoms. The number of hydrogen-bond donors (Lipinski definition) is 9. The number of carbonyl (C=O) groups is 5. The van der Waals surface area contributed by atoms with Crippen molar-refractivity contribution in [3.63, 3.8) is 0 Å². The number of carboxylic acids is 2. The quantitative estimate of drug-likeness (QED) is 0.0405. The molecule has 554 valence electrons. The van der Waals surface area contributed by atoms with Crippen LogP contribution in [0.2, 0.25) is 0 Å². The number of aliphatic imine (C=N–C) groups is 1. The number of esters is 1. The Morgan fingerprint density at radius 3 is 2.15 bits per heavy atom. The van der Waals surface area contributed by atoms with Gasteiger partial charge in [0.25, 0.3) is 0 Å². The lowest BCUT2D eigenvalue weighted by Gasteiger charge is -2.49. The molecule has 1 amide bonds. The normalized spacial score (nSPS) is 36.8. The number of aromatic nitrogens is 1. The lowest BCUT2D eigenvalue weighted by Crippen LogP contribution is -2.61. The van der Waals surface area contributed by atoms with Crippen LogP contribution in [0.1, 0.15) is 132 Å². The number of likely N-dealkylation sites (N-methyl/N-ethyl adjacent to an activating group) is 2. The Morgan fingerprint density at radius 2 is 1.58 bits per heavy atom. The van der Waals surface area contributed by atoms with Gasteiger partial charge in [0.1, 0.15) is 53.3 Å². The molecular formula is C67H106FN7O22S. The number of cyclic esters (lactones) is 1. The van der Waals surface area contributed by atoms with Crippen molar-refractivity contribution in [2.75, 3.05) is 78.2 Å². The average Bonchev–Trinajstić information content (AvgIpc) is 1.43. The third-order valence-electron chi connectivity index (χ3n) is 20.5. The summed E-state index contributed by atoms with van der Waals surface area (Å²) in [6, 6.07) is 0.443. The van der Waals surface area contributed by atoms with Crippen LogP contribution >= 0.6 is 11.8 Å². The minimum absolute atomic E-state index is 0. The molecule has 29 nitrogen and oxygen atoms in total. The molecule has 7 aliphatic rings. The van der Waals surface area contributed by atoms with Crippen molar-refractivity contribution in [1.29, 1.82) is 0 Å². The number of methoxy groups -OCH3 is 1. The van der Waals surface area contributed by atoms with Gasteiger partial charge in [0.15, 0.2) is 24.1 Å². The van der Waals surface area contributed by atoms with E-state index in [4.69, 9.17) is 38.9 Å². The number of anilines is 1. The molecule has 0 saturated carbocycles. The zero-order valence-electron chi connectivity index (χ0n) is 59.1. The molecule has 9 rings (SSSR count). The van der Waals surface area contributed by atoms with Crippen molar-refractivity contribution in [3.05, 3.63) is 44.5 Å². The number of carboxylic acid groups (broad SMARTS) is 2. The van der Waals surface area contributed by atoms with E-state index < -0.39 is 143 Å². The van der Waals surface area contributed by atoms with Crippen molar-refractivity contribution in [3.8, 4) is 5.75 Å². The number of benzene rings is 1. The zero-order valence-corrected chi connectivity index (χ0v) is 59.9. The zero-order chi connectivity index (χ0) is 72.4. The number of carbonyl (C=O) groups excluding carboxylic acids is 3. The molecule has 22 atom stereocenters. The standard InChI is InChI=1S/C37H67NO13.C18H20FN3O4.C12H17N3O4S.H2O/c1-14-25-37(10,45)30(41)20(4)27(39)18(2)16-35(8,44)32(51-34-28(40)24(38(11)12)15-19(3)47-34)21(5)29(22(6)33(43)49-25)50-26-17-36(9,46-13)31(42)23(7)48-26;1-10-9-26-17-14-11(16(23)12(18(24)25)8-22(10)14)7-13(19)15(17)21-5-3-20(2)4-6-21;1-6(16)9-7-4-8(20-3-2-14-5-13)10(12(18)19)15(7)11(9)17;/h18-26,28-32,34,40-42,44-45H,14-17H2,1-13H3;7-8,10H,3-6,9H2,1-2H3,(H,24,25);5-7,9,16H,2-4H2,1H3,(H2,13,14)(H,18,19);1H2/t18-,19-,20+,21+,22-,23+,24+,25-,26+,28-,29+,30-,31+,32-,34+,35-,36-,37-;10-;6-,7-,9-;/m101./s1. The molecule has 7 aliphatic heterocycles. The Labute approximate surface area is 575 Å². The summed E-state index contributed by atoms with van der Waals surface area (Å²) in [4.78, 5) is 86.9. The molecule has 0 bridgehead atoms. The van der Waals surface area contributed by atoms with E-state index in [-0.39, 0.29) is 78.1 Å². The maximum absolute atomic E-state index is 15.0. The van der Waals surface area contributed by atoms with Gasteiger partial charge in [0.05, 0.1) is 95.5 Å². The molecule has 31 heteroatoms. The van der Waals surface area contributed by atoms with E-state index in [0.717, 1.165) is 19.2 Å². The summed E-state index contributed by atoms with van der Waals surface area (Å²) in [7, 11) is 7.19. The number of nitrogens with zero attached hydrogens (tertiary/aromatic N) is 6. The number of fused-ring (bicyclic) bond motifs is 1. The highest BCUT2D eigenvalue weighted by Gasteiger charge is 2.58. The lowest BCUT2D eigenvalue weighted by atomic mass is 9.74. The highest BCUT2D eigenvalue weighted by molar-refractivity contribution is 8.03. The molecule has 98 heavy (non-hydrogen) atoms. The Hall–Kier alpha value is -5.49. The van der Waals surface area contributed by atoms with E-state index in [1.807, 2.05) is 44.8 Å². The smallest absolute Gasteiger partial charge is 0.353 e. The van der Waals surface area contributed by atoms with Crippen molar-refractivity contribution in [2.45, 2.75) is 218 Å². The van der Waals surface area contributed by atoms with E-state index >= 15 is 0 Å². The highest BCUT2D eigenvalue weighted by Crippen LogP contribution is 2.48. The first-order valence-electron chi connectivity index (χ1n) is 33.4. The number of Topliss-reactive ketones (excluding diaryl/α,β-unsaturated/α-hetero) is 1. The summed E-state index contributed by atoms with van der Waals surface area (Å²) in [5.41, 5.74) is 0.126. The van der Waals surface area contributed by atoms with E-state index in [1.54, 1.807) is 53.0 Å². The summed E-state index contributed by atoms with van der Waals surface area (Å²) in [6.45, 7) is 23.5. The molecule has 0 aliphatic carbocycles. The Morgan fingerprint density at radius 1 is 0.939 bits per heavy atom. The first kappa shape index (κ1) is 81.5. The number of hydrogen-bond acceptors (Lipinski definition) is 24. The number of aromatic carboxylic acids is 1. The highest BCUT2D eigenvalue weighted by atomic mass is 32.2. The molecule has 5 fully saturated rings. The molecule has 12 N–H and O–H groups in total. The number of aliphatic hydroxyl groups excluding tert-OH is 4. The topological polar surface area (TPSA) is 417 Å². The number of β-lactam (4-membered cyclic amide) rings is 1. The van der Waals surface area contributed by atoms with Crippen molar-refractivity contribution in [2.24, 2.45) is 40.3 Å². The maximum atomic E-state index is 15.0. The molecule has 5 saturated heterocycles. The number of aliphatic hydroxyl groups is 6. The number of piperazine rings is 1. The van der Waals surface area contributed by atoms with E-state index in [0.29, 0.717) is 60.1 Å². The van der Waals surface area contributed by atoms with E-state index in [9.17, 15) is 74.0 Å². The number of ketones is 1. The summed E-state index contributed by atoms with van der Waals surface area (Å²) < 4.78 is 59.6. The maximum Gasteiger partial charge on any atom is 0.353 e. The predicted molar refractivity (Wildman–Crippen MR) is 360 cm³/mol. The van der Waals surface area contributed by atoms with E-state index in [1.165, 1.54) is 57.1 Å². The van der Waals surface area contributed by atoms with Crippen LogP contribution in [-0.2, 0) is 47.6 Å². The van der Waals surface area contributed by atoms with Gasteiger partial charge in [-0.05, 0) is 102 Å². The second-order valence-electron chi connectivity index (χ2n) is 28.2. The number of ether oxygens (including phenoxy) is 7. The van der Waals surface area contributed by atoms with Gasteiger partial charge in [0, 0.05) is 86.8 Å². The molecule has 2 aromatic rings. The number of nitrogens with two attached hydrogens (primary N) is 1. The van der Waals surface area contributed by atoms with Gasteiger partial charge in [-0.3, -0.25) is 24.2 Å². The van der Waals surface area contributed by atoms with E-state index in [2.05, 4.69) is 9.89 Å². The van der Waals surface area contributed by atoms with Crippen LogP contribution in [0.3, 0.4) is 0 Å². The summed E-state index contributed by atoms with van der Waals surface area (Å²) in [5, 5.41) is 85.8. The first-order chi connectivity index (χ1) is 45.3. The van der Waals surface area contributed by atoms with Gasteiger partial charge >= 0.3 is 17.9 Å². The fourth-order valence-corrected chi connectivity index (χ4v) is 15.8. The van der Waals surface area contributed by atoms with Crippen LogP contribution in [-0.4, -0.2) is 271 Å². The molecule has 1 aromatic carbocycles. The monoisotopic (exact) mass is 1410 g/mol. The fraction of sp³-hybridized carbons (Fsp3) is 0.746. The molecule has 8 heterocycles. The second kappa shape index (κ2) is 33.1. The first-order valence-corrected chi connectivity index (χ1v) is 34.4. The largest absolute Gasteiger partial charge is 0.487 e. The van der Waals surface area contributed by atoms with Crippen LogP contribution in [0.25, 0.3) is 10.9 Å². The number of amides is 1. The van der Waals surface area contributed by atoms with Gasteiger partial charge < -0.3 is 109 Å².